The first-order valence-corrected chi connectivity index (χ1v) is 9.04. The summed E-state index contributed by atoms with van der Waals surface area (Å²) in [5.41, 5.74) is 2.10. The van der Waals surface area contributed by atoms with E-state index in [4.69, 9.17) is 13.6 Å². The van der Waals surface area contributed by atoms with E-state index >= 15 is 0 Å². The molecule has 142 valence electrons. The molecule has 0 atom stereocenters. The number of anilines is 1. The van der Waals surface area contributed by atoms with E-state index in [1.54, 1.807) is 30.3 Å². The Labute approximate surface area is 164 Å². The average molecular weight is 385 g/mol. The Kier molecular flexibility index (Phi) is 4.02. The molecule has 0 aliphatic rings. The van der Waals surface area contributed by atoms with Crippen molar-refractivity contribution in [3.8, 4) is 5.75 Å². The fourth-order valence-electron chi connectivity index (χ4n) is 3.28. The summed E-state index contributed by atoms with van der Waals surface area (Å²) >= 11 is 0. The van der Waals surface area contributed by atoms with Crippen molar-refractivity contribution in [1.29, 1.82) is 0 Å². The summed E-state index contributed by atoms with van der Waals surface area (Å²) in [6.07, 6.45) is 0. The zero-order valence-corrected chi connectivity index (χ0v) is 15.2. The van der Waals surface area contributed by atoms with Gasteiger partial charge in [-0.05, 0) is 36.4 Å². The highest BCUT2D eigenvalue weighted by atomic mass is 16.5. The van der Waals surface area contributed by atoms with Gasteiger partial charge in [0.05, 0.1) is 0 Å². The van der Waals surface area contributed by atoms with Gasteiger partial charge in [0.25, 0.3) is 5.91 Å². The molecule has 0 aliphatic carbocycles. The van der Waals surface area contributed by atoms with Gasteiger partial charge in [0, 0.05) is 40.0 Å². The summed E-state index contributed by atoms with van der Waals surface area (Å²) in [6, 6.07) is 21.4. The normalized spacial score (nSPS) is 11.2. The number of furan rings is 1. The highest BCUT2D eigenvalue weighted by molar-refractivity contribution is 6.06. The van der Waals surface area contributed by atoms with Crippen molar-refractivity contribution in [3.05, 3.63) is 83.2 Å². The number of para-hydroxylation sites is 1. The summed E-state index contributed by atoms with van der Waals surface area (Å²) in [7, 11) is 0. The average Bonchev–Trinajstić information content (AvgIpc) is 3.09. The molecule has 1 N–H and O–H groups in total. The van der Waals surface area contributed by atoms with Gasteiger partial charge in [-0.2, -0.15) is 0 Å². The SMILES string of the molecule is O=C(COc1ccc2ccc(=O)oc2c1)Nc1ccc2c(c1)oc1ccccc12. The molecule has 5 aromatic rings. The number of ether oxygens (including phenoxy) is 1. The molecule has 6 heteroatoms. The van der Waals surface area contributed by atoms with E-state index in [2.05, 4.69) is 5.32 Å². The highest BCUT2D eigenvalue weighted by Crippen LogP contribution is 2.30. The predicted octanol–water partition coefficient (Wildman–Crippen LogP) is 4.71. The first-order valence-electron chi connectivity index (χ1n) is 9.04. The van der Waals surface area contributed by atoms with Gasteiger partial charge < -0.3 is 18.9 Å². The number of nitrogens with one attached hydrogen (secondary N) is 1. The number of carbonyl (C=O) groups is 1. The van der Waals surface area contributed by atoms with Crippen LogP contribution in [0.1, 0.15) is 0 Å². The minimum Gasteiger partial charge on any atom is -0.484 e. The topological polar surface area (TPSA) is 81.7 Å². The highest BCUT2D eigenvalue weighted by Gasteiger charge is 2.09. The van der Waals surface area contributed by atoms with Crippen LogP contribution in [-0.4, -0.2) is 12.5 Å². The molecule has 0 radical (unpaired) electrons. The standard InChI is InChI=1S/C23H15NO5/c25-22(13-27-16-8-5-14-6-10-23(26)29-20(14)12-16)24-15-7-9-18-17-3-1-2-4-19(17)28-21(18)11-15/h1-12H,13H2,(H,24,25). The lowest BCUT2D eigenvalue weighted by Crippen LogP contribution is -2.20. The van der Waals surface area contributed by atoms with E-state index in [9.17, 15) is 9.59 Å². The molecule has 0 fully saturated rings. The van der Waals surface area contributed by atoms with E-state index in [1.165, 1.54) is 6.07 Å². The van der Waals surface area contributed by atoms with Crippen LogP contribution in [0, 0.1) is 0 Å². The lowest BCUT2D eigenvalue weighted by molar-refractivity contribution is -0.118. The summed E-state index contributed by atoms with van der Waals surface area (Å²) in [5, 5.41) is 5.60. The molecule has 0 unspecified atom stereocenters. The van der Waals surface area contributed by atoms with E-state index in [1.807, 2.05) is 36.4 Å². The number of amides is 1. The first kappa shape index (κ1) is 17.1. The molecule has 2 heterocycles. The molecular formula is C23H15NO5. The van der Waals surface area contributed by atoms with Crippen LogP contribution in [0.3, 0.4) is 0 Å². The second kappa shape index (κ2) is 6.83. The third kappa shape index (κ3) is 3.32. The number of benzene rings is 3. The number of hydrogen-bond donors (Lipinski definition) is 1. The summed E-state index contributed by atoms with van der Waals surface area (Å²) in [5.74, 6) is 0.129. The molecule has 0 aliphatic heterocycles. The second-order valence-corrected chi connectivity index (χ2v) is 6.60. The molecule has 29 heavy (non-hydrogen) atoms. The predicted molar refractivity (Wildman–Crippen MR) is 110 cm³/mol. The second-order valence-electron chi connectivity index (χ2n) is 6.60. The fourth-order valence-corrected chi connectivity index (χ4v) is 3.28. The Morgan fingerprint density at radius 2 is 1.66 bits per heavy atom. The number of hydrogen-bond acceptors (Lipinski definition) is 5. The number of rotatable bonds is 4. The van der Waals surface area contributed by atoms with Crippen molar-refractivity contribution in [3.63, 3.8) is 0 Å². The molecule has 0 saturated heterocycles. The van der Waals surface area contributed by atoms with Crippen LogP contribution in [0.4, 0.5) is 5.69 Å². The van der Waals surface area contributed by atoms with Gasteiger partial charge in [0.2, 0.25) is 0 Å². The quantitative estimate of drug-likeness (QED) is 0.453. The maximum absolute atomic E-state index is 12.3. The van der Waals surface area contributed by atoms with Crippen molar-refractivity contribution >= 4 is 44.5 Å². The van der Waals surface area contributed by atoms with Crippen LogP contribution < -0.4 is 15.7 Å². The maximum Gasteiger partial charge on any atom is 0.336 e. The minimum atomic E-state index is -0.437. The number of carbonyl (C=O) groups excluding carboxylic acids is 1. The van der Waals surface area contributed by atoms with Gasteiger partial charge in [-0.1, -0.05) is 18.2 Å². The van der Waals surface area contributed by atoms with Gasteiger partial charge in [-0.3, -0.25) is 4.79 Å². The van der Waals surface area contributed by atoms with Crippen LogP contribution >= 0.6 is 0 Å². The molecule has 0 spiro atoms. The molecule has 2 aromatic heterocycles. The Morgan fingerprint density at radius 3 is 2.59 bits per heavy atom. The van der Waals surface area contributed by atoms with Crippen molar-refractivity contribution < 1.29 is 18.4 Å². The van der Waals surface area contributed by atoms with E-state index in [-0.39, 0.29) is 12.5 Å². The van der Waals surface area contributed by atoms with Gasteiger partial charge >= 0.3 is 5.63 Å². The molecule has 3 aromatic carbocycles. The van der Waals surface area contributed by atoms with Crippen LogP contribution in [0.5, 0.6) is 5.75 Å². The van der Waals surface area contributed by atoms with Crippen molar-refractivity contribution in [2.75, 3.05) is 11.9 Å². The minimum absolute atomic E-state index is 0.180. The monoisotopic (exact) mass is 385 g/mol. The van der Waals surface area contributed by atoms with E-state index < -0.39 is 5.63 Å². The van der Waals surface area contributed by atoms with E-state index in [0.717, 1.165) is 21.7 Å². The lowest BCUT2D eigenvalue weighted by Gasteiger charge is -2.08. The molecule has 6 nitrogen and oxygen atoms in total. The van der Waals surface area contributed by atoms with Gasteiger partial charge in [0.15, 0.2) is 6.61 Å². The third-order valence-electron chi connectivity index (χ3n) is 4.63. The first-order chi connectivity index (χ1) is 14.2. The Balaban J connectivity index is 1.30. The molecule has 1 amide bonds. The maximum atomic E-state index is 12.3. The van der Waals surface area contributed by atoms with Gasteiger partial charge in [-0.25, -0.2) is 4.79 Å². The van der Waals surface area contributed by atoms with E-state index in [0.29, 0.717) is 22.6 Å². The summed E-state index contributed by atoms with van der Waals surface area (Å²) < 4.78 is 16.5. The van der Waals surface area contributed by atoms with Crippen LogP contribution in [0.15, 0.2) is 86.4 Å². The number of fused-ring (bicyclic) bond motifs is 4. The summed E-state index contributed by atoms with van der Waals surface area (Å²) in [4.78, 5) is 23.6. The van der Waals surface area contributed by atoms with Crippen LogP contribution in [0.25, 0.3) is 32.9 Å². The zero-order valence-electron chi connectivity index (χ0n) is 15.2. The zero-order chi connectivity index (χ0) is 19.8. The smallest absolute Gasteiger partial charge is 0.336 e. The largest absolute Gasteiger partial charge is 0.484 e. The van der Waals surface area contributed by atoms with Crippen LogP contribution in [-0.2, 0) is 4.79 Å². The molecule has 0 bridgehead atoms. The third-order valence-corrected chi connectivity index (χ3v) is 4.63. The molecule has 0 saturated carbocycles. The van der Waals surface area contributed by atoms with Crippen molar-refractivity contribution in [1.82, 2.24) is 0 Å². The van der Waals surface area contributed by atoms with Crippen LogP contribution in [0.2, 0.25) is 0 Å². The van der Waals surface area contributed by atoms with Crippen molar-refractivity contribution in [2.45, 2.75) is 0 Å². The molecular weight excluding hydrogens is 370 g/mol. The van der Waals surface area contributed by atoms with Gasteiger partial charge in [-0.15, -0.1) is 0 Å². The summed E-state index contributed by atoms with van der Waals surface area (Å²) in [6.45, 7) is -0.180. The lowest BCUT2D eigenvalue weighted by atomic mass is 10.1. The van der Waals surface area contributed by atoms with Crippen molar-refractivity contribution in [2.24, 2.45) is 0 Å². The van der Waals surface area contributed by atoms with Gasteiger partial charge in [0.1, 0.15) is 22.5 Å². The Hall–Kier alpha value is -4.06. The molecule has 5 rings (SSSR count). The Bertz CT molecular complexity index is 1430. The fraction of sp³-hybridized carbons (Fsp3) is 0.0435. The Morgan fingerprint density at radius 1 is 0.828 bits per heavy atom.